The van der Waals surface area contributed by atoms with E-state index in [-0.39, 0.29) is 15.7 Å². The highest BCUT2D eigenvalue weighted by Gasteiger charge is 2.29. The van der Waals surface area contributed by atoms with Gasteiger partial charge < -0.3 is 0 Å². The van der Waals surface area contributed by atoms with Gasteiger partial charge in [-0.05, 0) is 12.1 Å². The molecule has 15 heavy (non-hydrogen) atoms. The molecule has 0 N–H and O–H groups in total. The van der Waals surface area contributed by atoms with Crippen molar-refractivity contribution in [1.82, 2.24) is 4.31 Å². The van der Waals surface area contributed by atoms with E-state index in [9.17, 15) is 17.2 Å². The van der Waals surface area contributed by atoms with Crippen molar-refractivity contribution in [2.45, 2.75) is 18.4 Å². The summed E-state index contributed by atoms with van der Waals surface area (Å²) >= 11 is 0. The summed E-state index contributed by atoms with van der Waals surface area (Å²) in [6, 6.07) is 7.19. The molecular weight excluding hydrogens is 224 g/mol. The average Bonchev–Trinajstić information content (AvgIpc) is 2.19. The highest BCUT2D eigenvalue weighted by Crippen LogP contribution is 2.18. The smallest absolute Gasteiger partial charge is 0.207 e. The predicted octanol–water partition coefficient (Wildman–Crippen LogP) is 1.92. The first kappa shape index (κ1) is 12.1. The van der Waals surface area contributed by atoms with E-state index in [4.69, 9.17) is 0 Å². The van der Waals surface area contributed by atoms with E-state index in [0.29, 0.717) is 0 Å². The largest absolute Gasteiger partial charge is 0.307 e. The third-order valence-electron chi connectivity index (χ3n) is 1.88. The van der Waals surface area contributed by atoms with Crippen molar-refractivity contribution in [1.29, 1.82) is 0 Å². The third kappa shape index (κ3) is 2.51. The van der Waals surface area contributed by atoms with Gasteiger partial charge in [-0.2, -0.15) is 8.78 Å². The minimum atomic E-state index is -4.07. The molecule has 1 aromatic carbocycles. The topological polar surface area (TPSA) is 37.4 Å². The fourth-order valence-electron chi connectivity index (χ4n) is 1.14. The monoisotopic (exact) mass is 235 g/mol. The maximum absolute atomic E-state index is 12.4. The van der Waals surface area contributed by atoms with Crippen LogP contribution in [0.3, 0.4) is 0 Å². The molecule has 0 heterocycles. The van der Waals surface area contributed by atoms with Crippen LogP contribution in [0.5, 0.6) is 0 Å². The Morgan fingerprint density at radius 3 is 2.20 bits per heavy atom. The van der Waals surface area contributed by atoms with Crippen molar-refractivity contribution in [3.8, 4) is 0 Å². The Bertz CT molecular complexity index is 405. The van der Waals surface area contributed by atoms with Crippen LogP contribution in [-0.2, 0) is 10.0 Å². The Morgan fingerprint density at radius 2 is 1.80 bits per heavy atom. The van der Waals surface area contributed by atoms with Crippen molar-refractivity contribution in [3.05, 3.63) is 30.3 Å². The molecule has 0 aliphatic carbocycles. The van der Waals surface area contributed by atoms with Gasteiger partial charge in [-0.3, -0.25) is 0 Å². The normalized spacial score (nSPS) is 12.3. The molecule has 0 unspecified atom stereocenters. The Kier molecular flexibility index (Phi) is 3.76. The molecule has 1 rings (SSSR count). The molecule has 0 saturated heterocycles. The lowest BCUT2D eigenvalue weighted by Crippen LogP contribution is -2.35. The summed E-state index contributed by atoms with van der Waals surface area (Å²) in [5, 5.41) is 0. The lowest BCUT2D eigenvalue weighted by Gasteiger charge is -2.18. The molecule has 0 amide bonds. The van der Waals surface area contributed by atoms with Gasteiger partial charge in [-0.15, -0.1) is 4.31 Å². The number of hydrogen-bond donors (Lipinski definition) is 0. The van der Waals surface area contributed by atoms with Gasteiger partial charge in [-0.1, -0.05) is 25.1 Å². The minimum absolute atomic E-state index is 0.118. The molecule has 3 nitrogen and oxygen atoms in total. The Balaban J connectivity index is 3.13. The van der Waals surface area contributed by atoms with Gasteiger partial charge in [0.05, 0.1) is 4.90 Å². The molecular formula is C9H11F2NO2S. The fraction of sp³-hybridized carbons (Fsp3) is 0.333. The van der Waals surface area contributed by atoms with Gasteiger partial charge >= 0.3 is 6.55 Å². The van der Waals surface area contributed by atoms with Crippen molar-refractivity contribution in [2.75, 3.05) is 6.54 Å². The second-order valence-corrected chi connectivity index (χ2v) is 4.69. The molecule has 0 spiro atoms. The van der Waals surface area contributed by atoms with Crippen molar-refractivity contribution in [3.63, 3.8) is 0 Å². The number of nitrogens with zero attached hydrogens (tertiary/aromatic N) is 1. The van der Waals surface area contributed by atoms with Crippen LogP contribution in [0.1, 0.15) is 6.92 Å². The van der Waals surface area contributed by atoms with Gasteiger partial charge in [-0.25, -0.2) is 8.42 Å². The van der Waals surface area contributed by atoms with E-state index in [2.05, 4.69) is 0 Å². The van der Waals surface area contributed by atoms with E-state index < -0.39 is 16.6 Å². The highest BCUT2D eigenvalue weighted by molar-refractivity contribution is 7.89. The second-order valence-electron chi connectivity index (χ2n) is 2.80. The molecule has 1 aromatic rings. The summed E-state index contributed by atoms with van der Waals surface area (Å²) in [5.74, 6) is 0. The van der Waals surface area contributed by atoms with Crippen LogP contribution >= 0.6 is 0 Å². The lowest BCUT2D eigenvalue weighted by molar-refractivity contribution is 0.0344. The first-order valence-electron chi connectivity index (χ1n) is 4.35. The second kappa shape index (κ2) is 4.67. The molecule has 84 valence electrons. The van der Waals surface area contributed by atoms with Gasteiger partial charge in [0.2, 0.25) is 10.0 Å². The van der Waals surface area contributed by atoms with Crippen molar-refractivity contribution < 1.29 is 17.2 Å². The van der Waals surface area contributed by atoms with Gasteiger partial charge in [0, 0.05) is 6.54 Å². The molecule has 0 aliphatic rings. The third-order valence-corrected chi connectivity index (χ3v) is 3.78. The number of benzene rings is 1. The zero-order valence-corrected chi connectivity index (χ0v) is 8.92. The molecule has 0 fully saturated rings. The first-order chi connectivity index (χ1) is 7.00. The minimum Gasteiger partial charge on any atom is -0.207 e. The van der Waals surface area contributed by atoms with Crippen molar-refractivity contribution in [2.24, 2.45) is 0 Å². The first-order valence-corrected chi connectivity index (χ1v) is 5.79. The predicted molar refractivity (Wildman–Crippen MR) is 52.0 cm³/mol. The molecule has 0 bridgehead atoms. The molecule has 0 atom stereocenters. The number of rotatable bonds is 4. The van der Waals surface area contributed by atoms with E-state index in [1.807, 2.05) is 0 Å². The average molecular weight is 235 g/mol. The number of alkyl halides is 2. The maximum atomic E-state index is 12.4. The van der Waals surface area contributed by atoms with Crippen LogP contribution in [0.25, 0.3) is 0 Å². The van der Waals surface area contributed by atoms with Crippen LogP contribution in [-0.4, -0.2) is 25.8 Å². The SMILES string of the molecule is CCN(C(F)F)S(=O)(=O)c1ccccc1. The van der Waals surface area contributed by atoms with E-state index in [1.54, 1.807) is 6.07 Å². The fourth-order valence-corrected chi connectivity index (χ4v) is 2.46. The van der Waals surface area contributed by atoms with Gasteiger partial charge in [0.25, 0.3) is 0 Å². The van der Waals surface area contributed by atoms with Crippen LogP contribution in [0.15, 0.2) is 35.2 Å². The Hall–Kier alpha value is -1.01. The number of halogens is 2. The lowest BCUT2D eigenvalue weighted by atomic mass is 10.4. The van der Waals surface area contributed by atoms with Crippen LogP contribution in [0, 0.1) is 0 Å². The van der Waals surface area contributed by atoms with Gasteiger partial charge in [0.15, 0.2) is 0 Å². The Labute approximate surface area is 87.4 Å². The zero-order valence-electron chi connectivity index (χ0n) is 8.10. The van der Waals surface area contributed by atoms with E-state index in [1.165, 1.54) is 31.2 Å². The quantitative estimate of drug-likeness (QED) is 0.748. The van der Waals surface area contributed by atoms with Crippen LogP contribution in [0.2, 0.25) is 0 Å². The molecule has 0 saturated carbocycles. The van der Waals surface area contributed by atoms with E-state index >= 15 is 0 Å². The summed E-state index contributed by atoms with van der Waals surface area (Å²) in [7, 11) is -4.07. The zero-order chi connectivity index (χ0) is 11.5. The summed E-state index contributed by atoms with van der Waals surface area (Å²) in [6.07, 6.45) is 0. The van der Waals surface area contributed by atoms with Crippen LogP contribution < -0.4 is 0 Å². The summed E-state index contributed by atoms with van der Waals surface area (Å²) in [5.41, 5.74) is 0. The standard InChI is InChI=1S/C9H11F2NO2S/c1-2-12(9(10)11)15(13,14)8-6-4-3-5-7-8/h3-7,9H,2H2,1H3. The highest BCUT2D eigenvalue weighted by atomic mass is 32.2. The molecule has 0 aliphatic heterocycles. The number of sulfonamides is 1. The number of hydrogen-bond acceptors (Lipinski definition) is 2. The van der Waals surface area contributed by atoms with Crippen LogP contribution in [0.4, 0.5) is 8.78 Å². The summed E-state index contributed by atoms with van der Waals surface area (Å²) < 4.78 is 48.3. The van der Waals surface area contributed by atoms with Gasteiger partial charge in [0.1, 0.15) is 0 Å². The van der Waals surface area contributed by atoms with E-state index in [0.717, 1.165) is 0 Å². The molecule has 6 heteroatoms. The molecule has 0 radical (unpaired) electrons. The molecule has 0 aromatic heterocycles. The summed E-state index contributed by atoms with van der Waals surface area (Å²) in [6.45, 7) is -1.90. The maximum Gasteiger partial charge on any atom is 0.307 e. The Morgan fingerprint density at radius 1 is 1.27 bits per heavy atom. The van der Waals surface area contributed by atoms with Crippen molar-refractivity contribution >= 4 is 10.0 Å². The summed E-state index contributed by atoms with van der Waals surface area (Å²) in [4.78, 5) is -0.118.